The van der Waals surface area contributed by atoms with E-state index in [1.165, 1.54) is 31.4 Å². The van der Waals surface area contributed by atoms with E-state index >= 15 is 0 Å². The molecule has 0 bridgehead atoms. The average Bonchev–Trinajstić information content (AvgIpc) is 2.70. The highest BCUT2D eigenvalue weighted by atomic mass is 32.2. The third-order valence-electron chi connectivity index (χ3n) is 3.47. The summed E-state index contributed by atoms with van der Waals surface area (Å²) in [5, 5.41) is 2.30. The standard InChI is InChI=1S/C18H20N2O6S/c1-25-15-7-9-16(10-8-15)27(23,24)20-11-17(21)19-12-18(22)26-13-14-5-3-2-4-6-14/h2-10,20H,11-13H2,1H3,(H,19,21). The lowest BCUT2D eigenvalue weighted by atomic mass is 10.2. The summed E-state index contributed by atoms with van der Waals surface area (Å²) in [6, 6.07) is 14.8. The van der Waals surface area contributed by atoms with Gasteiger partial charge in [-0.3, -0.25) is 9.59 Å². The van der Waals surface area contributed by atoms with Crippen LogP contribution in [0.4, 0.5) is 0 Å². The Morgan fingerprint density at radius 3 is 2.26 bits per heavy atom. The highest BCUT2D eigenvalue weighted by Gasteiger charge is 2.16. The molecule has 2 aromatic rings. The maximum Gasteiger partial charge on any atom is 0.325 e. The van der Waals surface area contributed by atoms with Crippen LogP contribution in [-0.2, 0) is 31.0 Å². The summed E-state index contributed by atoms with van der Waals surface area (Å²) < 4.78 is 36.4. The van der Waals surface area contributed by atoms with Gasteiger partial charge in [0.15, 0.2) is 0 Å². The molecule has 0 aromatic heterocycles. The minimum atomic E-state index is -3.85. The highest BCUT2D eigenvalue weighted by Crippen LogP contribution is 2.14. The molecule has 1 amide bonds. The zero-order chi connectivity index (χ0) is 19.7. The van der Waals surface area contributed by atoms with Gasteiger partial charge in [0.1, 0.15) is 18.9 Å². The van der Waals surface area contributed by atoms with E-state index in [1.807, 2.05) is 18.2 Å². The second kappa shape index (κ2) is 9.70. The number of ether oxygens (including phenoxy) is 2. The first kappa shape index (κ1) is 20.4. The Morgan fingerprint density at radius 1 is 0.963 bits per heavy atom. The van der Waals surface area contributed by atoms with E-state index in [2.05, 4.69) is 10.0 Å². The zero-order valence-electron chi connectivity index (χ0n) is 14.7. The SMILES string of the molecule is COc1ccc(S(=O)(=O)NCC(=O)NCC(=O)OCc2ccccc2)cc1. The number of methoxy groups -OCH3 is 1. The number of sulfonamides is 1. The molecule has 0 saturated carbocycles. The van der Waals surface area contributed by atoms with Gasteiger partial charge in [-0.25, -0.2) is 13.1 Å². The Hall–Kier alpha value is -2.91. The van der Waals surface area contributed by atoms with Crippen LogP contribution in [0.3, 0.4) is 0 Å². The molecule has 144 valence electrons. The van der Waals surface area contributed by atoms with Gasteiger partial charge in [0.25, 0.3) is 0 Å². The number of carbonyl (C=O) groups excluding carboxylic acids is 2. The maximum absolute atomic E-state index is 12.1. The molecule has 0 atom stereocenters. The molecule has 27 heavy (non-hydrogen) atoms. The number of esters is 1. The van der Waals surface area contributed by atoms with Crippen LogP contribution in [0, 0.1) is 0 Å². The second-order valence-corrected chi connectivity index (χ2v) is 7.19. The third kappa shape index (κ3) is 6.72. The smallest absolute Gasteiger partial charge is 0.325 e. The number of carbonyl (C=O) groups is 2. The minimum absolute atomic E-state index is 0.00151. The van der Waals surface area contributed by atoms with Gasteiger partial charge in [0.2, 0.25) is 15.9 Å². The molecule has 0 aliphatic heterocycles. The molecule has 2 aromatic carbocycles. The summed E-state index contributed by atoms with van der Waals surface area (Å²) in [6.45, 7) is -0.754. The zero-order valence-corrected chi connectivity index (χ0v) is 15.5. The summed E-state index contributed by atoms with van der Waals surface area (Å²) in [7, 11) is -2.38. The summed E-state index contributed by atoms with van der Waals surface area (Å²) in [6.07, 6.45) is 0. The lowest BCUT2D eigenvalue weighted by molar-refractivity contribution is -0.145. The fraction of sp³-hybridized carbons (Fsp3) is 0.222. The molecule has 0 unspecified atom stereocenters. The van der Waals surface area contributed by atoms with E-state index in [0.29, 0.717) is 5.75 Å². The summed E-state index contributed by atoms with van der Waals surface area (Å²) >= 11 is 0. The first-order chi connectivity index (χ1) is 12.9. The lowest BCUT2D eigenvalue weighted by Gasteiger charge is -2.09. The van der Waals surface area contributed by atoms with Crippen molar-refractivity contribution in [2.45, 2.75) is 11.5 Å². The van der Waals surface area contributed by atoms with E-state index in [1.54, 1.807) is 12.1 Å². The highest BCUT2D eigenvalue weighted by molar-refractivity contribution is 7.89. The van der Waals surface area contributed by atoms with E-state index in [9.17, 15) is 18.0 Å². The number of rotatable bonds is 9. The van der Waals surface area contributed by atoms with E-state index in [4.69, 9.17) is 9.47 Å². The van der Waals surface area contributed by atoms with Crippen LogP contribution in [0.1, 0.15) is 5.56 Å². The van der Waals surface area contributed by atoms with Gasteiger partial charge in [-0.2, -0.15) is 0 Å². The number of nitrogens with one attached hydrogen (secondary N) is 2. The maximum atomic E-state index is 12.1. The van der Waals surface area contributed by atoms with Gasteiger partial charge >= 0.3 is 5.97 Å². The summed E-state index contributed by atoms with van der Waals surface area (Å²) in [5.41, 5.74) is 0.824. The van der Waals surface area contributed by atoms with Crippen molar-refractivity contribution in [3.05, 3.63) is 60.2 Å². The lowest BCUT2D eigenvalue weighted by Crippen LogP contribution is -2.39. The Balaban J connectivity index is 1.73. The molecule has 2 rings (SSSR count). The largest absolute Gasteiger partial charge is 0.497 e. The number of benzene rings is 2. The van der Waals surface area contributed by atoms with Gasteiger partial charge in [0, 0.05) is 0 Å². The van der Waals surface area contributed by atoms with Crippen LogP contribution in [0.15, 0.2) is 59.5 Å². The van der Waals surface area contributed by atoms with Gasteiger partial charge < -0.3 is 14.8 Å². The molecule has 0 saturated heterocycles. The molecule has 8 nitrogen and oxygen atoms in total. The van der Waals surface area contributed by atoms with Crippen molar-refractivity contribution in [3.63, 3.8) is 0 Å². The number of amides is 1. The van der Waals surface area contributed by atoms with Crippen LogP contribution in [0.5, 0.6) is 5.75 Å². The molecule has 0 aliphatic rings. The van der Waals surface area contributed by atoms with E-state index in [0.717, 1.165) is 5.56 Å². The molecular weight excluding hydrogens is 372 g/mol. The molecular formula is C18H20N2O6S. The molecule has 2 N–H and O–H groups in total. The van der Waals surface area contributed by atoms with E-state index < -0.39 is 28.4 Å². The minimum Gasteiger partial charge on any atom is -0.497 e. The Kier molecular flexibility index (Phi) is 7.33. The fourth-order valence-corrected chi connectivity index (χ4v) is 3.00. The van der Waals surface area contributed by atoms with Gasteiger partial charge in [-0.05, 0) is 29.8 Å². The predicted octanol–water partition coefficient (Wildman–Crippen LogP) is 0.833. The van der Waals surface area contributed by atoms with Gasteiger partial charge in [0.05, 0.1) is 18.6 Å². The summed E-state index contributed by atoms with van der Waals surface area (Å²) in [4.78, 5) is 23.3. The molecule has 0 aliphatic carbocycles. The Bertz CT molecular complexity index is 866. The fourth-order valence-electron chi connectivity index (χ4n) is 2.02. The average molecular weight is 392 g/mol. The van der Waals surface area contributed by atoms with Crippen molar-refractivity contribution < 1.29 is 27.5 Å². The van der Waals surface area contributed by atoms with Crippen molar-refractivity contribution in [2.75, 3.05) is 20.2 Å². The predicted molar refractivity (Wildman–Crippen MR) is 97.4 cm³/mol. The van der Waals surface area contributed by atoms with Crippen molar-refractivity contribution in [3.8, 4) is 5.75 Å². The van der Waals surface area contributed by atoms with Crippen LogP contribution >= 0.6 is 0 Å². The van der Waals surface area contributed by atoms with Crippen molar-refractivity contribution in [1.29, 1.82) is 0 Å². The second-order valence-electron chi connectivity index (χ2n) is 5.42. The first-order valence-corrected chi connectivity index (χ1v) is 9.49. The molecule has 0 spiro atoms. The van der Waals surface area contributed by atoms with Gasteiger partial charge in [-0.1, -0.05) is 30.3 Å². The molecule has 9 heteroatoms. The monoisotopic (exact) mass is 392 g/mol. The molecule has 0 radical (unpaired) electrons. The van der Waals surface area contributed by atoms with Crippen LogP contribution < -0.4 is 14.8 Å². The first-order valence-electron chi connectivity index (χ1n) is 8.00. The normalized spacial score (nSPS) is 10.9. The van der Waals surface area contributed by atoms with Crippen LogP contribution in [0.2, 0.25) is 0 Å². The number of hydrogen-bond donors (Lipinski definition) is 2. The molecule has 0 heterocycles. The molecule has 0 fully saturated rings. The number of hydrogen-bond acceptors (Lipinski definition) is 6. The van der Waals surface area contributed by atoms with Crippen molar-refractivity contribution in [2.24, 2.45) is 0 Å². The van der Waals surface area contributed by atoms with E-state index in [-0.39, 0.29) is 18.0 Å². The van der Waals surface area contributed by atoms with Crippen LogP contribution in [0.25, 0.3) is 0 Å². The third-order valence-corrected chi connectivity index (χ3v) is 4.88. The van der Waals surface area contributed by atoms with Crippen molar-refractivity contribution >= 4 is 21.9 Å². The summed E-state index contributed by atoms with van der Waals surface area (Å²) in [5.74, 6) is -0.755. The topological polar surface area (TPSA) is 111 Å². The Labute approximate surface area is 157 Å². The quantitative estimate of drug-likeness (QED) is 0.612. The van der Waals surface area contributed by atoms with Crippen molar-refractivity contribution in [1.82, 2.24) is 10.0 Å². The van der Waals surface area contributed by atoms with Crippen LogP contribution in [-0.4, -0.2) is 40.5 Å². The Morgan fingerprint density at radius 2 is 1.63 bits per heavy atom. The van der Waals surface area contributed by atoms with Gasteiger partial charge in [-0.15, -0.1) is 0 Å².